The van der Waals surface area contributed by atoms with Crippen LogP contribution in [0.5, 0.6) is 5.75 Å². The Morgan fingerprint density at radius 2 is 2.24 bits per heavy atom. The molecule has 1 unspecified atom stereocenters. The highest BCUT2D eigenvalue weighted by Gasteiger charge is 2.24. The zero-order valence-corrected chi connectivity index (χ0v) is 13.5. The molecule has 112 valence electrons. The Morgan fingerprint density at radius 3 is 3.00 bits per heavy atom. The highest BCUT2D eigenvalue weighted by Crippen LogP contribution is 2.34. The summed E-state index contributed by atoms with van der Waals surface area (Å²) in [6.45, 7) is 4.91. The molecule has 1 aliphatic heterocycles. The Bertz CT molecular complexity index is 623. The molecular weight excluding hydrogens is 280 g/mol. The summed E-state index contributed by atoms with van der Waals surface area (Å²) in [6.07, 6.45) is 1.16. The van der Waals surface area contributed by atoms with E-state index in [1.165, 1.54) is 11.1 Å². The second kappa shape index (κ2) is 6.18. The van der Waals surface area contributed by atoms with E-state index in [9.17, 15) is 0 Å². The second-order valence-electron chi connectivity index (χ2n) is 5.55. The molecule has 3 rings (SSSR count). The van der Waals surface area contributed by atoms with Gasteiger partial charge in [0.1, 0.15) is 5.75 Å². The van der Waals surface area contributed by atoms with Gasteiger partial charge in [0.2, 0.25) is 0 Å². The second-order valence-corrected chi connectivity index (χ2v) is 6.55. The van der Waals surface area contributed by atoms with Crippen molar-refractivity contribution in [3.05, 3.63) is 51.2 Å². The van der Waals surface area contributed by atoms with Crippen molar-refractivity contribution in [2.75, 3.05) is 13.7 Å². The molecule has 2 heterocycles. The van der Waals surface area contributed by atoms with Crippen molar-refractivity contribution in [1.29, 1.82) is 0 Å². The van der Waals surface area contributed by atoms with E-state index < -0.39 is 0 Å². The van der Waals surface area contributed by atoms with Gasteiger partial charge in [0.15, 0.2) is 0 Å². The van der Waals surface area contributed by atoms with Gasteiger partial charge in [-0.2, -0.15) is 0 Å². The molecule has 3 nitrogen and oxygen atoms in total. The zero-order valence-electron chi connectivity index (χ0n) is 12.6. The van der Waals surface area contributed by atoms with Crippen LogP contribution in [-0.2, 0) is 19.5 Å². The number of thiophene rings is 1. The third-order valence-corrected chi connectivity index (χ3v) is 5.35. The van der Waals surface area contributed by atoms with Crippen LogP contribution in [-0.4, -0.2) is 18.6 Å². The van der Waals surface area contributed by atoms with Crippen molar-refractivity contribution in [3.8, 4) is 5.75 Å². The van der Waals surface area contributed by atoms with Crippen molar-refractivity contribution < 1.29 is 4.74 Å². The van der Waals surface area contributed by atoms with E-state index in [0.717, 1.165) is 30.8 Å². The van der Waals surface area contributed by atoms with E-state index in [1.807, 2.05) is 17.4 Å². The van der Waals surface area contributed by atoms with E-state index in [0.29, 0.717) is 12.6 Å². The first-order valence-electron chi connectivity index (χ1n) is 7.39. The molecule has 2 aromatic rings. The fraction of sp³-hybridized carbons (Fsp3) is 0.412. The van der Waals surface area contributed by atoms with Crippen molar-refractivity contribution in [2.45, 2.75) is 32.5 Å². The van der Waals surface area contributed by atoms with Crippen LogP contribution < -0.4 is 10.5 Å². The van der Waals surface area contributed by atoms with Gasteiger partial charge < -0.3 is 10.5 Å². The van der Waals surface area contributed by atoms with E-state index in [4.69, 9.17) is 10.5 Å². The SMILES string of the molecule is COc1ccc(CN2CCc3sccc3C2C)cc1CN. The Labute approximate surface area is 130 Å². The fourth-order valence-corrected chi connectivity index (χ4v) is 4.06. The first-order chi connectivity index (χ1) is 10.2. The maximum atomic E-state index is 5.81. The number of nitrogens with zero attached hydrogens (tertiary/aromatic N) is 1. The number of hydrogen-bond donors (Lipinski definition) is 1. The molecule has 21 heavy (non-hydrogen) atoms. The van der Waals surface area contributed by atoms with Gasteiger partial charge in [0.25, 0.3) is 0 Å². The van der Waals surface area contributed by atoms with Gasteiger partial charge in [0.05, 0.1) is 7.11 Å². The van der Waals surface area contributed by atoms with Crippen molar-refractivity contribution in [1.82, 2.24) is 4.90 Å². The molecule has 0 bridgehead atoms. The van der Waals surface area contributed by atoms with Crippen molar-refractivity contribution in [2.24, 2.45) is 5.73 Å². The smallest absolute Gasteiger partial charge is 0.123 e. The van der Waals surface area contributed by atoms with Crippen molar-refractivity contribution >= 4 is 11.3 Å². The summed E-state index contributed by atoms with van der Waals surface area (Å²) >= 11 is 1.89. The number of hydrogen-bond acceptors (Lipinski definition) is 4. The Morgan fingerprint density at radius 1 is 1.38 bits per heavy atom. The molecule has 0 aliphatic carbocycles. The van der Waals surface area contributed by atoms with Crippen molar-refractivity contribution in [3.63, 3.8) is 0 Å². The number of ether oxygens (including phenoxy) is 1. The standard InChI is InChI=1S/C17H22N2OS/c1-12-15-6-8-21-17(15)5-7-19(12)11-13-3-4-16(20-2)14(9-13)10-18/h3-4,6,8-9,12H,5,7,10-11,18H2,1-2H3. The van der Waals surface area contributed by atoms with Gasteiger partial charge in [-0.15, -0.1) is 11.3 Å². The van der Waals surface area contributed by atoms with E-state index >= 15 is 0 Å². The molecule has 1 aromatic heterocycles. The number of benzene rings is 1. The monoisotopic (exact) mass is 302 g/mol. The molecule has 4 heteroatoms. The number of nitrogens with two attached hydrogens (primary N) is 1. The summed E-state index contributed by atoms with van der Waals surface area (Å²) in [5, 5.41) is 2.21. The fourth-order valence-electron chi connectivity index (χ4n) is 3.10. The van der Waals surface area contributed by atoms with Crippen LogP contribution in [0.25, 0.3) is 0 Å². The number of rotatable bonds is 4. The van der Waals surface area contributed by atoms with Crippen LogP contribution in [0.4, 0.5) is 0 Å². The van der Waals surface area contributed by atoms with Gasteiger partial charge in [0, 0.05) is 36.1 Å². The molecule has 1 aromatic carbocycles. The summed E-state index contributed by atoms with van der Waals surface area (Å²) < 4.78 is 5.35. The molecule has 1 aliphatic rings. The molecule has 2 N–H and O–H groups in total. The molecule has 1 atom stereocenters. The van der Waals surface area contributed by atoms with Crippen LogP contribution >= 0.6 is 11.3 Å². The lowest BCUT2D eigenvalue weighted by Crippen LogP contribution is -2.32. The number of fused-ring (bicyclic) bond motifs is 1. The highest BCUT2D eigenvalue weighted by atomic mass is 32.1. The first-order valence-corrected chi connectivity index (χ1v) is 8.27. The molecule has 0 fully saturated rings. The minimum atomic E-state index is 0.489. The molecular formula is C17H22N2OS. The van der Waals surface area contributed by atoms with Gasteiger partial charge in [-0.1, -0.05) is 6.07 Å². The maximum absolute atomic E-state index is 5.81. The van der Waals surface area contributed by atoms with Crippen LogP contribution in [0.1, 0.15) is 34.5 Å². The molecule has 0 saturated heterocycles. The normalized spacial score (nSPS) is 18.5. The van der Waals surface area contributed by atoms with Gasteiger partial charge in [-0.3, -0.25) is 4.90 Å². The van der Waals surface area contributed by atoms with E-state index in [2.05, 4.69) is 35.4 Å². The molecule has 0 spiro atoms. The predicted octanol–water partition coefficient (Wildman–Crippen LogP) is 3.33. The van der Waals surface area contributed by atoms with Crippen LogP contribution in [0.2, 0.25) is 0 Å². The average Bonchev–Trinajstić information content (AvgIpc) is 2.99. The lowest BCUT2D eigenvalue weighted by atomic mass is 10.00. The van der Waals surface area contributed by atoms with Crippen LogP contribution in [0, 0.1) is 0 Å². The summed E-state index contributed by atoms with van der Waals surface area (Å²) in [7, 11) is 1.69. The quantitative estimate of drug-likeness (QED) is 0.941. The van der Waals surface area contributed by atoms with Gasteiger partial charge >= 0.3 is 0 Å². The van der Waals surface area contributed by atoms with Crippen LogP contribution in [0.15, 0.2) is 29.6 Å². The zero-order chi connectivity index (χ0) is 14.8. The topological polar surface area (TPSA) is 38.5 Å². The van der Waals surface area contributed by atoms with Crippen LogP contribution in [0.3, 0.4) is 0 Å². The van der Waals surface area contributed by atoms with E-state index in [-0.39, 0.29) is 0 Å². The summed E-state index contributed by atoms with van der Waals surface area (Å²) in [5.41, 5.74) is 9.70. The largest absolute Gasteiger partial charge is 0.496 e. The number of methoxy groups -OCH3 is 1. The Kier molecular flexibility index (Phi) is 4.29. The minimum Gasteiger partial charge on any atom is -0.496 e. The summed E-state index contributed by atoms with van der Waals surface area (Å²) in [4.78, 5) is 4.09. The lowest BCUT2D eigenvalue weighted by Gasteiger charge is -2.33. The highest BCUT2D eigenvalue weighted by molar-refractivity contribution is 7.10. The Balaban J connectivity index is 1.78. The molecule has 0 radical (unpaired) electrons. The lowest BCUT2D eigenvalue weighted by molar-refractivity contribution is 0.191. The summed E-state index contributed by atoms with van der Waals surface area (Å²) in [6, 6.07) is 9.12. The predicted molar refractivity (Wildman–Crippen MR) is 87.7 cm³/mol. The minimum absolute atomic E-state index is 0.489. The third-order valence-electron chi connectivity index (χ3n) is 4.35. The molecule has 0 amide bonds. The maximum Gasteiger partial charge on any atom is 0.123 e. The molecule has 0 saturated carbocycles. The first kappa shape index (κ1) is 14.6. The summed E-state index contributed by atoms with van der Waals surface area (Å²) in [5.74, 6) is 0.882. The van der Waals surface area contributed by atoms with Gasteiger partial charge in [-0.05, 0) is 48.1 Å². The third kappa shape index (κ3) is 2.84. The Hall–Kier alpha value is -1.36. The van der Waals surface area contributed by atoms with Gasteiger partial charge in [-0.25, -0.2) is 0 Å². The van der Waals surface area contributed by atoms with E-state index in [1.54, 1.807) is 12.0 Å². The average molecular weight is 302 g/mol.